The number of aromatic nitrogens is 1. The summed E-state index contributed by atoms with van der Waals surface area (Å²) in [5.74, 6) is -0.775. The summed E-state index contributed by atoms with van der Waals surface area (Å²) < 4.78 is 5.57. The molecule has 0 unspecified atom stereocenters. The fourth-order valence-electron chi connectivity index (χ4n) is 1.69. The smallest absolute Gasteiger partial charge is 0.325 e. The number of benzene rings is 1. The molecule has 1 aromatic heterocycles. The highest BCUT2D eigenvalue weighted by molar-refractivity contribution is 7.09. The molecule has 0 spiro atoms. The zero-order chi connectivity index (χ0) is 16.8. The van der Waals surface area contributed by atoms with Crippen LogP contribution in [0.25, 0.3) is 0 Å². The van der Waals surface area contributed by atoms with Crippen molar-refractivity contribution in [3.05, 3.63) is 45.4 Å². The summed E-state index contributed by atoms with van der Waals surface area (Å²) in [5.41, 5.74) is 0.583. The molecule has 2 aromatic rings. The van der Waals surface area contributed by atoms with Gasteiger partial charge in [-0.25, -0.2) is 4.98 Å². The Bertz CT molecular complexity index is 687. The van der Waals surface area contributed by atoms with E-state index in [1.807, 2.05) is 0 Å². The largest absolute Gasteiger partial charge is 0.486 e. The second-order valence-electron chi connectivity index (χ2n) is 4.78. The summed E-state index contributed by atoms with van der Waals surface area (Å²) in [6.45, 7) is 1.70. The van der Waals surface area contributed by atoms with Crippen LogP contribution in [0.4, 0.5) is 0 Å². The number of hydrogen-bond donors (Lipinski definition) is 2. The van der Waals surface area contributed by atoms with E-state index in [1.165, 1.54) is 18.3 Å². The molecule has 2 N–H and O–H groups in total. The van der Waals surface area contributed by atoms with Crippen molar-refractivity contribution >= 4 is 34.8 Å². The number of aliphatic carboxylic acids is 1. The van der Waals surface area contributed by atoms with Crippen LogP contribution in [0.5, 0.6) is 5.75 Å². The van der Waals surface area contributed by atoms with E-state index < -0.39 is 12.0 Å². The number of nitrogens with zero attached hydrogens (tertiary/aromatic N) is 1. The molecule has 0 aliphatic heterocycles. The normalized spacial score (nSPS) is 11.7. The van der Waals surface area contributed by atoms with Gasteiger partial charge in [0.05, 0.1) is 12.1 Å². The van der Waals surface area contributed by atoms with E-state index in [-0.39, 0.29) is 12.3 Å². The molecular formula is C15H15ClN2O4S. The predicted molar refractivity (Wildman–Crippen MR) is 86.8 cm³/mol. The maximum absolute atomic E-state index is 11.7. The Kier molecular flexibility index (Phi) is 5.95. The summed E-state index contributed by atoms with van der Waals surface area (Å²) in [6.07, 6.45) is 0.0368. The molecule has 0 fully saturated rings. The van der Waals surface area contributed by atoms with Gasteiger partial charge in [0.25, 0.3) is 0 Å². The van der Waals surface area contributed by atoms with Gasteiger partial charge in [-0.05, 0) is 31.2 Å². The lowest BCUT2D eigenvalue weighted by atomic mass is 10.3. The average Bonchev–Trinajstić information content (AvgIpc) is 2.93. The number of ether oxygens (including phenoxy) is 1. The molecule has 1 aromatic carbocycles. The third-order valence-corrected chi connectivity index (χ3v) is 3.99. The van der Waals surface area contributed by atoms with Crippen LogP contribution in [0, 0.1) is 0 Å². The first-order valence-corrected chi connectivity index (χ1v) is 8.03. The van der Waals surface area contributed by atoms with Crippen LogP contribution in [0.3, 0.4) is 0 Å². The Balaban J connectivity index is 1.84. The Morgan fingerprint density at radius 2 is 2.09 bits per heavy atom. The van der Waals surface area contributed by atoms with Gasteiger partial charge in [0.15, 0.2) is 0 Å². The number of halogens is 1. The Morgan fingerprint density at radius 3 is 2.74 bits per heavy atom. The number of thiazole rings is 1. The van der Waals surface area contributed by atoms with E-state index in [0.717, 1.165) is 5.01 Å². The SMILES string of the molecule is C[C@@H](NC(=O)Cc1csc(COc2ccc(Cl)cc2)n1)C(=O)O. The fraction of sp³-hybridized carbons (Fsp3) is 0.267. The van der Waals surface area contributed by atoms with Crippen LogP contribution in [0.1, 0.15) is 17.6 Å². The lowest BCUT2D eigenvalue weighted by Crippen LogP contribution is -2.39. The summed E-state index contributed by atoms with van der Waals surface area (Å²) in [4.78, 5) is 26.7. The van der Waals surface area contributed by atoms with Gasteiger partial charge in [0.1, 0.15) is 23.4 Å². The monoisotopic (exact) mass is 354 g/mol. The van der Waals surface area contributed by atoms with Crippen molar-refractivity contribution in [3.63, 3.8) is 0 Å². The number of nitrogens with one attached hydrogen (secondary N) is 1. The van der Waals surface area contributed by atoms with Crippen molar-refractivity contribution in [2.75, 3.05) is 0 Å². The first-order chi connectivity index (χ1) is 10.9. The van der Waals surface area contributed by atoms with Gasteiger partial charge in [0, 0.05) is 10.4 Å². The van der Waals surface area contributed by atoms with E-state index in [9.17, 15) is 9.59 Å². The number of carboxylic acid groups (broad SMARTS) is 1. The minimum absolute atomic E-state index is 0.0368. The molecule has 1 atom stereocenters. The molecule has 23 heavy (non-hydrogen) atoms. The highest BCUT2D eigenvalue weighted by atomic mass is 35.5. The fourth-order valence-corrected chi connectivity index (χ4v) is 2.52. The van der Waals surface area contributed by atoms with Gasteiger partial charge in [-0.15, -0.1) is 11.3 Å². The van der Waals surface area contributed by atoms with Crippen molar-refractivity contribution in [3.8, 4) is 5.75 Å². The summed E-state index contributed by atoms with van der Waals surface area (Å²) in [6, 6.07) is 6.07. The maximum atomic E-state index is 11.7. The number of amides is 1. The van der Waals surface area contributed by atoms with Crippen LogP contribution in [0.15, 0.2) is 29.6 Å². The average molecular weight is 355 g/mol. The Hall–Kier alpha value is -2.12. The zero-order valence-electron chi connectivity index (χ0n) is 12.3. The quantitative estimate of drug-likeness (QED) is 0.797. The first kappa shape index (κ1) is 17.2. The molecule has 6 nitrogen and oxygen atoms in total. The molecule has 1 heterocycles. The molecule has 0 aliphatic carbocycles. The lowest BCUT2D eigenvalue weighted by molar-refractivity contribution is -0.141. The molecule has 0 bridgehead atoms. The Labute approximate surface area is 142 Å². The minimum Gasteiger partial charge on any atom is -0.486 e. The van der Waals surface area contributed by atoms with Crippen molar-refractivity contribution in [2.45, 2.75) is 26.0 Å². The van der Waals surface area contributed by atoms with Gasteiger partial charge in [-0.3, -0.25) is 9.59 Å². The minimum atomic E-state index is -1.08. The van der Waals surface area contributed by atoms with Crippen LogP contribution in [-0.4, -0.2) is 28.0 Å². The van der Waals surface area contributed by atoms with Crippen LogP contribution in [-0.2, 0) is 22.6 Å². The standard InChI is InChI=1S/C15H15ClN2O4S/c1-9(15(20)21)17-13(19)6-11-8-23-14(18-11)7-22-12-4-2-10(16)3-5-12/h2-5,8-9H,6-7H2,1H3,(H,17,19)(H,20,21)/t9-/m1/s1. The van der Waals surface area contributed by atoms with E-state index in [4.69, 9.17) is 21.4 Å². The summed E-state index contributed by atoms with van der Waals surface area (Å²) in [7, 11) is 0. The molecule has 2 rings (SSSR count). The third kappa shape index (κ3) is 5.54. The van der Waals surface area contributed by atoms with Crippen molar-refractivity contribution < 1.29 is 19.4 Å². The van der Waals surface area contributed by atoms with E-state index in [1.54, 1.807) is 29.6 Å². The molecule has 0 saturated heterocycles. The molecule has 8 heteroatoms. The first-order valence-electron chi connectivity index (χ1n) is 6.78. The highest BCUT2D eigenvalue weighted by Crippen LogP contribution is 2.18. The second kappa shape index (κ2) is 7.94. The number of carbonyl (C=O) groups is 2. The summed E-state index contributed by atoms with van der Waals surface area (Å²) >= 11 is 7.18. The molecule has 0 radical (unpaired) electrons. The third-order valence-electron chi connectivity index (χ3n) is 2.86. The topological polar surface area (TPSA) is 88.5 Å². The molecule has 0 aliphatic rings. The molecule has 122 valence electrons. The van der Waals surface area contributed by atoms with Crippen molar-refractivity contribution in [2.24, 2.45) is 0 Å². The molecule has 0 saturated carbocycles. The number of rotatable bonds is 7. The van der Waals surface area contributed by atoms with Crippen molar-refractivity contribution in [1.82, 2.24) is 10.3 Å². The van der Waals surface area contributed by atoms with E-state index in [0.29, 0.717) is 23.1 Å². The Morgan fingerprint density at radius 1 is 1.39 bits per heavy atom. The zero-order valence-corrected chi connectivity index (χ0v) is 13.9. The van der Waals surface area contributed by atoms with E-state index >= 15 is 0 Å². The van der Waals surface area contributed by atoms with Gasteiger partial charge in [-0.1, -0.05) is 11.6 Å². The highest BCUT2D eigenvalue weighted by Gasteiger charge is 2.15. The predicted octanol–water partition coefficient (Wildman–Crippen LogP) is 2.51. The van der Waals surface area contributed by atoms with Crippen LogP contribution in [0.2, 0.25) is 5.02 Å². The lowest BCUT2D eigenvalue weighted by Gasteiger charge is -2.07. The van der Waals surface area contributed by atoms with E-state index in [2.05, 4.69) is 10.3 Å². The summed E-state index contributed by atoms with van der Waals surface area (Å²) in [5, 5.41) is 14.2. The molecule has 1 amide bonds. The van der Waals surface area contributed by atoms with Crippen LogP contribution < -0.4 is 10.1 Å². The van der Waals surface area contributed by atoms with Crippen molar-refractivity contribution in [1.29, 1.82) is 0 Å². The van der Waals surface area contributed by atoms with Crippen LogP contribution >= 0.6 is 22.9 Å². The van der Waals surface area contributed by atoms with Gasteiger partial charge >= 0.3 is 5.97 Å². The number of carboxylic acids is 1. The number of hydrogen-bond acceptors (Lipinski definition) is 5. The van der Waals surface area contributed by atoms with Gasteiger partial charge < -0.3 is 15.2 Å². The maximum Gasteiger partial charge on any atom is 0.325 e. The van der Waals surface area contributed by atoms with Gasteiger partial charge in [0.2, 0.25) is 5.91 Å². The number of carbonyl (C=O) groups excluding carboxylic acids is 1. The molecular weight excluding hydrogens is 340 g/mol. The second-order valence-corrected chi connectivity index (χ2v) is 6.16. The van der Waals surface area contributed by atoms with Gasteiger partial charge in [-0.2, -0.15) is 0 Å².